The van der Waals surface area contributed by atoms with E-state index in [9.17, 15) is 24.4 Å². The number of rotatable bonds is 38. The summed E-state index contributed by atoms with van der Waals surface area (Å²) in [6, 6.07) is 14.3. The van der Waals surface area contributed by atoms with E-state index in [0.717, 1.165) is 21.6 Å². The van der Waals surface area contributed by atoms with Crippen molar-refractivity contribution in [1.82, 2.24) is 5.32 Å². The molecule has 0 aliphatic rings. The minimum Gasteiger partial charge on any atom is -0.484 e. The Morgan fingerprint density at radius 1 is 0.682 bits per heavy atom. The van der Waals surface area contributed by atoms with Gasteiger partial charge in [0.1, 0.15) is 30.6 Å². The molecule has 1 heterocycles. The molecule has 3 atom stereocenters. The number of benzene rings is 2. The number of esters is 2. The first-order valence-corrected chi connectivity index (χ1v) is 21.8. The van der Waals surface area contributed by atoms with Crippen molar-refractivity contribution in [2.45, 2.75) is 38.3 Å². The summed E-state index contributed by atoms with van der Waals surface area (Å²) < 4.78 is 74.2. The molecule has 3 unspecified atom stereocenters. The van der Waals surface area contributed by atoms with Crippen LogP contribution in [0.15, 0.2) is 85.2 Å². The third-order valence-corrected chi connectivity index (χ3v) is 9.82. The van der Waals surface area contributed by atoms with E-state index in [0.29, 0.717) is 30.6 Å². The number of carbonyl (C=O) groups excluding carboxylic acids is 3. The number of carbonyl (C=O) groups is 3. The molecule has 0 bridgehead atoms. The zero-order chi connectivity index (χ0) is 47.8. The Morgan fingerprint density at radius 3 is 1.80 bits per heavy atom. The van der Waals surface area contributed by atoms with Gasteiger partial charge in [-0.05, 0) is 44.2 Å². The zero-order valence-corrected chi connectivity index (χ0v) is 38.3. The molecule has 1 aromatic heterocycles. The maximum atomic E-state index is 13.8. The van der Waals surface area contributed by atoms with Gasteiger partial charge in [-0.15, -0.1) is 17.9 Å². The van der Waals surface area contributed by atoms with Crippen molar-refractivity contribution in [3.05, 3.63) is 90.7 Å². The third-order valence-electron chi connectivity index (χ3n) is 8.67. The molecule has 1 N–H and O–H groups in total. The molecule has 0 saturated carbocycles. The Bertz CT molecular complexity index is 2010. The van der Waals surface area contributed by atoms with Gasteiger partial charge in [-0.2, -0.15) is 5.26 Å². The van der Waals surface area contributed by atoms with Crippen LogP contribution in [0.3, 0.4) is 0 Å². The Kier molecular flexibility index (Phi) is 27.2. The predicted octanol–water partition coefficient (Wildman–Crippen LogP) is 4.00. The first-order valence-electron chi connectivity index (χ1n) is 21.0. The summed E-state index contributed by atoms with van der Waals surface area (Å²) in [5.74, 6) is -1.48. The van der Waals surface area contributed by atoms with Crippen LogP contribution in [0.4, 0.5) is 0 Å². The molecule has 2 aromatic carbocycles. The summed E-state index contributed by atoms with van der Waals surface area (Å²) in [5.41, 5.74) is -1.69. The first-order chi connectivity index (χ1) is 32.0. The highest BCUT2D eigenvalue weighted by Gasteiger charge is 2.36. The van der Waals surface area contributed by atoms with Gasteiger partial charge in [-0.25, -0.2) is 9.59 Å². The molecule has 20 heteroatoms. The topological polar surface area (TPSA) is 224 Å². The highest BCUT2D eigenvalue weighted by atomic mass is 32.1. The van der Waals surface area contributed by atoms with E-state index in [4.69, 9.17) is 61.6 Å². The van der Waals surface area contributed by atoms with Gasteiger partial charge in [0.15, 0.2) is 24.6 Å². The number of hydrogen-bond donors (Lipinski definition) is 1. The third kappa shape index (κ3) is 21.9. The summed E-state index contributed by atoms with van der Waals surface area (Å²) in [7, 11) is 0. The maximum absolute atomic E-state index is 13.8. The van der Waals surface area contributed by atoms with Crippen LogP contribution in [0, 0.1) is 11.3 Å². The molecule has 19 nitrogen and oxygen atoms in total. The molecular formula is C46H60N2O17S. The Morgan fingerprint density at radius 2 is 1.21 bits per heavy atom. The van der Waals surface area contributed by atoms with Gasteiger partial charge in [-0.1, -0.05) is 31.4 Å². The summed E-state index contributed by atoms with van der Waals surface area (Å²) >= 11 is 1.47. The lowest BCUT2D eigenvalue weighted by Gasteiger charge is -2.36. The van der Waals surface area contributed by atoms with E-state index >= 15 is 0 Å². The molecule has 362 valence electrons. The second-order valence-corrected chi connectivity index (χ2v) is 14.9. The normalized spacial score (nSPS) is 13.5. The van der Waals surface area contributed by atoms with Crippen LogP contribution in [0.1, 0.15) is 13.8 Å². The number of amides is 1. The van der Waals surface area contributed by atoms with Gasteiger partial charge in [0, 0.05) is 32.3 Å². The quantitative estimate of drug-likeness (QED) is 0.0214. The fraction of sp³-hybridized carbons (Fsp3) is 0.500. The Balaban J connectivity index is 1.75. The molecule has 0 saturated heterocycles. The van der Waals surface area contributed by atoms with Crippen molar-refractivity contribution in [3.8, 4) is 11.8 Å². The fourth-order valence-electron chi connectivity index (χ4n) is 5.46. The smallest absolute Gasteiger partial charge is 0.330 e. The van der Waals surface area contributed by atoms with Crippen molar-refractivity contribution < 1.29 is 76.0 Å². The van der Waals surface area contributed by atoms with Crippen LogP contribution >= 0.6 is 11.3 Å². The highest BCUT2D eigenvalue weighted by molar-refractivity contribution is 7.24. The van der Waals surface area contributed by atoms with E-state index in [2.05, 4.69) is 25.1 Å². The lowest BCUT2D eigenvalue weighted by Crippen LogP contribution is -2.60. The van der Waals surface area contributed by atoms with Gasteiger partial charge in [0.05, 0.1) is 92.5 Å². The van der Waals surface area contributed by atoms with Crippen molar-refractivity contribution >= 4 is 49.4 Å². The van der Waals surface area contributed by atoms with Crippen LogP contribution in [0.25, 0.3) is 20.2 Å². The summed E-state index contributed by atoms with van der Waals surface area (Å²) in [6.07, 6.45) is 0.614. The van der Waals surface area contributed by atoms with Crippen molar-refractivity contribution in [2.24, 2.45) is 0 Å². The van der Waals surface area contributed by atoms with Gasteiger partial charge >= 0.3 is 11.9 Å². The minimum atomic E-state index is -1.53. The number of nitriles is 1. The number of nitrogens with one attached hydrogen (secondary N) is 1. The average molecular weight is 945 g/mol. The van der Waals surface area contributed by atoms with E-state index in [1.54, 1.807) is 50.3 Å². The largest absolute Gasteiger partial charge is 0.484 e. The number of ether oxygens (including phenoxy) is 13. The predicted molar refractivity (Wildman–Crippen MR) is 242 cm³/mol. The molecule has 66 heavy (non-hydrogen) atoms. The molecule has 0 fully saturated rings. The van der Waals surface area contributed by atoms with E-state index in [-0.39, 0.29) is 97.1 Å². The van der Waals surface area contributed by atoms with Crippen LogP contribution in [-0.2, 0) is 71.2 Å². The zero-order valence-electron chi connectivity index (χ0n) is 37.4. The van der Waals surface area contributed by atoms with Crippen molar-refractivity contribution in [1.29, 1.82) is 5.26 Å². The lowest BCUT2D eigenvalue weighted by molar-refractivity contribution is -0.197. The lowest BCUT2D eigenvalue weighted by atomic mass is 10.0. The summed E-state index contributed by atoms with van der Waals surface area (Å²) in [6.45, 7) is 14.1. The van der Waals surface area contributed by atoms with Gasteiger partial charge < -0.3 is 66.9 Å². The monoisotopic (exact) mass is 944 g/mol. The van der Waals surface area contributed by atoms with Crippen LogP contribution in [0.2, 0.25) is 0 Å². The second-order valence-electron chi connectivity index (χ2n) is 13.8. The average Bonchev–Trinajstić information content (AvgIpc) is 3.33. The SMILES string of the molecule is C=CCOCCOCCOC(C#N)OCC(COC(C)OCCOCCOC(=O)C=C)(COC(C)OCCOCCOC(=O)C=C)NC(=O)COc1ccc2sc3ccccc3c(=O)c2c1. The van der Waals surface area contributed by atoms with Gasteiger partial charge in [0.25, 0.3) is 5.91 Å². The Labute approximate surface area is 387 Å². The number of hydrogen-bond acceptors (Lipinski definition) is 19. The van der Waals surface area contributed by atoms with Crippen LogP contribution < -0.4 is 15.5 Å². The highest BCUT2D eigenvalue weighted by Crippen LogP contribution is 2.27. The standard InChI is InChI=1S/C46H60N2O17S/c1-6-15-53-16-17-54-22-27-61-44(29-47)65-33-46(31-63-34(4)57-23-18-55-20-25-59-42(50)7-2,32-64-35(5)58-24-19-56-21-26-60-43(51)8-3)48-41(49)30-62-36-13-14-40-38(28-36)45(52)37-11-9-10-12-39(37)66-40/h6-14,28,34-35,44H,1-3,15-27,30-33H2,4-5H3,(H,48,49). The minimum absolute atomic E-state index is 0.000520. The molecule has 3 rings (SSSR count). The number of nitrogens with zero attached hydrogens (tertiary/aromatic N) is 1. The molecule has 1 amide bonds. The molecule has 0 aliphatic carbocycles. The summed E-state index contributed by atoms with van der Waals surface area (Å²) in [5, 5.41) is 13.9. The molecule has 3 aromatic rings. The Hall–Kier alpha value is -5.15. The molecular weight excluding hydrogens is 885 g/mol. The number of fused-ring (bicyclic) bond motifs is 2. The van der Waals surface area contributed by atoms with Crippen LogP contribution in [0.5, 0.6) is 5.75 Å². The van der Waals surface area contributed by atoms with E-state index < -0.39 is 48.9 Å². The molecule has 0 aliphatic heterocycles. The fourth-order valence-corrected chi connectivity index (χ4v) is 6.52. The maximum Gasteiger partial charge on any atom is 0.330 e. The molecule has 0 radical (unpaired) electrons. The second kappa shape index (κ2) is 32.5. The van der Waals surface area contributed by atoms with Crippen molar-refractivity contribution in [2.75, 3.05) is 112 Å². The van der Waals surface area contributed by atoms with E-state index in [1.807, 2.05) is 18.2 Å². The van der Waals surface area contributed by atoms with Gasteiger partial charge in [-0.3, -0.25) is 9.59 Å². The molecule has 0 spiro atoms. The van der Waals surface area contributed by atoms with Crippen LogP contribution in [-0.4, -0.2) is 155 Å². The van der Waals surface area contributed by atoms with E-state index in [1.165, 1.54) is 11.3 Å². The summed E-state index contributed by atoms with van der Waals surface area (Å²) in [4.78, 5) is 49.7. The first kappa shape index (κ1) is 55.2. The van der Waals surface area contributed by atoms with Crippen molar-refractivity contribution in [3.63, 3.8) is 0 Å². The van der Waals surface area contributed by atoms with Gasteiger partial charge in [0.2, 0.25) is 6.29 Å².